The molecule has 0 saturated heterocycles. The van der Waals surface area contributed by atoms with Crippen molar-refractivity contribution in [3.8, 4) is 5.75 Å². The Labute approximate surface area is 104 Å². The molecule has 0 aliphatic rings. The van der Waals surface area contributed by atoms with E-state index in [2.05, 4.69) is 5.32 Å². The summed E-state index contributed by atoms with van der Waals surface area (Å²) in [5.74, 6) is -1.41. The van der Waals surface area contributed by atoms with E-state index in [-0.39, 0.29) is 11.6 Å². The van der Waals surface area contributed by atoms with Crippen LogP contribution in [0.1, 0.15) is 11.1 Å². The average Bonchev–Trinajstić information content (AvgIpc) is 2.33. The Balaban J connectivity index is 2.14. The van der Waals surface area contributed by atoms with Crippen molar-refractivity contribution in [1.82, 2.24) is 0 Å². The molecule has 4 heteroatoms. The van der Waals surface area contributed by atoms with Gasteiger partial charge in [-0.3, -0.25) is 0 Å². The van der Waals surface area contributed by atoms with Gasteiger partial charge in [-0.1, -0.05) is 18.2 Å². The summed E-state index contributed by atoms with van der Waals surface area (Å²) in [6.07, 6.45) is 0. The number of aryl methyl sites for hydroxylation is 1. The van der Waals surface area contributed by atoms with Crippen molar-refractivity contribution in [2.75, 3.05) is 5.32 Å². The third-order valence-electron chi connectivity index (χ3n) is 2.70. The van der Waals surface area contributed by atoms with Crippen molar-refractivity contribution >= 4 is 5.69 Å². The molecule has 0 unspecified atom stereocenters. The topological polar surface area (TPSA) is 32.3 Å². The van der Waals surface area contributed by atoms with Crippen molar-refractivity contribution in [2.24, 2.45) is 0 Å². The van der Waals surface area contributed by atoms with Crippen LogP contribution in [0.3, 0.4) is 0 Å². The third kappa shape index (κ3) is 2.59. The highest BCUT2D eigenvalue weighted by Gasteiger charge is 2.06. The van der Waals surface area contributed by atoms with Crippen molar-refractivity contribution in [3.05, 3.63) is 59.2 Å². The molecule has 2 N–H and O–H groups in total. The second-order valence-corrected chi connectivity index (χ2v) is 4.07. The van der Waals surface area contributed by atoms with Gasteiger partial charge in [0, 0.05) is 6.54 Å². The van der Waals surface area contributed by atoms with Crippen LogP contribution in [-0.2, 0) is 6.54 Å². The van der Waals surface area contributed by atoms with Crippen LogP contribution in [0.15, 0.2) is 36.4 Å². The van der Waals surface area contributed by atoms with Gasteiger partial charge in [-0.2, -0.15) is 0 Å². The molecule has 94 valence electrons. The van der Waals surface area contributed by atoms with Gasteiger partial charge in [0.1, 0.15) is 5.82 Å². The summed E-state index contributed by atoms with van der Waals surface area (Å²) >= 11 is 0. The molecule has 0 fully saturated rings. The van der Waals surface area contributed by atoms with E-state index in [4.69, 9.17) is 5.11 Å². The first-order valence-corrected chi connectivity index (χ1v) is 5.54. The monoisotopic (exact) mass is 249 g/mol. The Kier molecular flexibility index (Phi) is 3.46. The Morgan fingerprint density at radius 2 is 1.89 bits per heavy atom. The minimum Gasteiger partial charge on any atom is -0.505 e. The van der Waals surface area contributed by atoms with Gasteiger partial charge in [-0.25, -0.2) is 8.78 Å². The zero-order chi connectivity index (χ0) is 13.1. The molecule has 0 amide bonds. The van der Waals surface area contributed by atoms with Crippen LogP contribution in [0, 0.1) is 18.6 Å². The first-order valence-electron chi connectivity index (χ1n) is 5.54. The van der Waals surface area contributed by atoms with Crippen LogP contribution in [0.5, 0.6) is 5.75 Å². The SMILES string of the molecule is Cc1cccc(F)c1NCc1ccc(O)c(F)c1. The van der Waals surface area contributed by atoms with Gasteiger partial charge in [-0.15, -0.1) is 0 Å². The number of para-hydroxylation sites is 1. The lowest BCUT2D eigenvalue weighted by Crippen LogP contribution is -2.03. The molecule has 2 aromatic carbocycles. The summed E-state index contributed by atoms with van der Waals surface area (Å²) in [5.41, 5.74) is 1.83. The molecule has 0 atom stereocenters. The summed E-state index contributed by atoms with van der Waals surface area (Å²) in [6.45, 7) is 2.09. The van der Waals surface area contributed by atoms with Crippen molar-refractivity contribution in [3.63, 3.8) is 0 Å². The summed E-state index contributed by atoms with van der Waals surface area (Å²) < 4.78 is 26.6. The van der Waals surface area contributed by atoms with E-state index in [1.807, 2.05) is 0 Å². The predicted molar refractivity (Wildman–Crippen MR) is 66.5 cm³/mol. The van der Waals surface area contributed by atoms with Crippen molar-refractivity contribution < 1.29 is 13.9 Å². The summed E-state index contributed by atoms with van der Waals surface area (Å²) in [4.78, 5) is 0. The second kappa shape index (κ2) is 5.04. The van der Waals surface area contributed by atoms with Gasteiger partial charge >= 0.3 is 0 Å². The van der Waals surface area contributed by atoms with Crippen LogP contribution < -0.4 is 5.32 Å². The number of halogens is 2. The summed E-state index contributed by atoms with van der Waals surface area (Å²) in [7, 11) is 0. The Morgan fingerprint density at radius 3 is 2.56 bits per heavy atom. The largest absolute Gasteiger partial charge is 0.505 e. The zero-order valence-electron chi connectivity index (χ0n) is 9.87. The van der Waals surface area contributed by atoms with E-state index in [1.165, 1.54) is 18.2 Å². The summed E-state index contributed by atoms with van der Waals surface area (Å²) in [5, 5.41) is 12.0. The Hall–Kier alpha value is -2.10. The fourth-order valence-electron chi connectivity index (χ4n) is 1.71. The predicted octanol–water partition coefficient (Wildman–Crippen LogP) is 3.59. The number of hydrogen-bond donors (Lipinski definition) is 2. The average molecular weight is 249 g/mol. The van der Waals surface area contributed by atoms with Gasteiger partial charge in [0.2, 0.25) is 0 Å². The molecule has 0 spiro atoms. The van der Waals surface area contributed by atoms with Gasteiger partial charge in [0.15, 0.2) is 11.6 Å². The molecular weight excluding hydrogens is 236 g/mol. The molecule has 2 rings (SSSR count). The Bertz CT molecular complexity index is 549. The molecule has 0 aliphatic carbocycles. The van der Waals surface area contributed by atoms with Gasteiger partial charge in [0.25, 0.3) is 0 Å². The maximum Gasteiger partial charge on any atom is 0.165 e. The fourth-order valence-corrected chi connectivity index (χ4v) is 1.71. The van der Waals surface area contributed by atoms with E-state index in [0.29, 0.717) is 17.8 Å². The second-order valence-electron chi connectivity index (χ2n) is 4.07. The number of phenolic OH excluding ortho intramolecular Hbond substituents is 1. The molecule has 0 aromatic heterocycles. The quantitative estimate of drug-likeness (QED) is 0.871. The number of nitrogens with one attached hydrogen (secondary N) is 1. The lowest BCUT2D eigenvalue weighted by atomic mass is 10.1. The maximum atomic E-state index is 13.5. The molecule has 18 heavy (non-hydrogen) atoms. The van der Waals surface area contributed by atoms with Crippen LogP contribution in [0.2, 0.25) is 0 Å². The van der Waals surface area contributed by atoms with E-state index < -0.39 is 5.82 Å². The molecule has 0 aliphatic heterocycles. The zero-order valence-corrected chi connectivity index (χ0v) is 9.87. The molecule has 0 heterocycles. The highest BCUT2D eigenvalue weighted by atomic mass is 19.1. The van der Waals surface area contributed by atoms with Gasteiger partial charge in [0.05, 0.1) is 5.69 Å². The lowest BCUT2D eigenvalue weighted by molar-refractivity contribution is 0.432. The number of anilines is 1. The molecular formula is C14H13F2NO. The minimum atomic E-state index is -0.681. The van der Waals surface area contributed by atoms with Gasteiger partial charge in [-0.05, 0) is 36.2 Å². The number of phenols is 1. The molecule has 2 nitrogen and oxygen atoms in total. The van der Waals surface area contributed by atoms with E-state index >= 15 is 0 Å². The van der Waals surface area contributed by atoms with Crippen LogP contribution in [0.25, 0.3) is 0 Å². The third-order valence-corrected chi connectivity index (χ3v) is 2.70. The van der Waals surface area contributed by atoms with E-state index in [0.717, 1.165) is 5.56 Å². The maximum absolute atomic E-state index is 13.5. The highest BCUT2D eigenvalue weighted by Crippen LogP contribution is 2.21. The van der Waals surface area contributed by atoms with Crippen molar-refractivity contribution in [2.45, 2.75) is 13.5 Å². The molecule has 0 bridgehead atoms. The number of rotatable bonds is 3. The minimum absolute atomic E-state index is 0.291. The first kappa shape index (κ1) is 12.4. The van der Waals surface area contributed by atoms with Crippen LogP contribution >= 0.6 is 0 Å². The first-order chi connectivity index (χ1) is 8.58. The lowest BCUT2D eigenvalue weighted by Gasteiger charge is -2.10. The smallest absolute Gasteiger partial charge is 0.165 e. The number of aromatic hydroxyl groups is 1. The van der Waals surface area contributed by atoms with Crippen LogP contribution in [0.4, 0.5) is 14.5 Å². The van der Waals surface area contributed by atoms with Crippen molar-refractivity contribution in [1.29, 1.82) is 0 Å². The summed E-state index contributed by atoms with van der Waals surface area (Å²) in [6, 6.07) is 8.88. The molecule has 0 radical (unpaired) electrons. The standard InChI is InChI=1S/C14H13F2NO/c1-9-3-2-4-11(15)14(9)17-8-10-5-6-13(18)12(16)7-10/h2-7,17-18H,8H2,1H3. The number of benzene rings is 2. The fraction of sp³-hybridized carbons (Fsp3) is 0.143. The normalized spacial score (nSPS) is 10.4. The van der Waals surface area contributed by atoms with E-state index in [1.54, 1.807) is 25.1 Å². The highest BCUT2D eigenvalue weighted by molar-refractivity contribution is 5.52. The Morgan fingerprint density at radius 1 is 1.11 bits per heavy atom. The van der Waals surface area contributed by atoms with Gasteiger partial charge < -0.3 is 10.4 Å². The molecule has 2 aromatic rings. The number of hydrogen-bond acceptors (Lipinski definition) is 2. The van der Waals surface area contributed by atoms with E-state index in [9.17, 15) is 8.78 Å². The van der Waals surface area contributed by atoms with Crippen LogP contribution in [-0.4, -0.2) is 5.11 Å². The molecule has 0 saturated carbocycles.